The third-order valence-electron chi connectivity index (χ3n) is 6.56. The predicted molar refractivity (Wildman–Crippen MR) is 95.6 cm³/mol. The molecule has 0 saturated heterocycles. The molecule has 0 aromatic carbocycles. The number of aliphatic carboxylic acids is 1. The highest BCUT2D eigenvalue weighted by atomic mass is 16.4. The second kappa shape index (κ2) is 7.51. The summed E-state index contributed by atoms with van der Waals surface area (Å²) in [6, 6.07) is 0. The standard InChI is InChI=1S/C21H30O4/c1-14-15(6-4-8-19(23)24)16-9-10-18(22)17(20(14)16)7-5-13-21(25)11-2-3-12-21/h6,14,16-18,20,22,25H,2-4,8-13H2,1H3,(H,23,24)/b15-6-. The number of hydrogen-bond acceptors (Lipinski definition) is 3. The molecule has 3 fully saturated rings. The van der Waals surface area contributed by atoms with E-state index in [1.165, 1.54) is 5.57 Å². The van der Waals surface area contributed by atoms with Crippen molar-refractivity contribution in [1.82, 2.24) is 0 Å². The highest BCUT2D eigenvalue weighted by Gasteiger charge is 2.50. The number of rotatable bonds is 4. The number of carboxylic acids is 1. The minimum absolute atomic E-state index is 0.0182. The zero-order valence-electron chi connectivity index (χ0n) is 15.1. The molecule has 0 heterocycles. The van der Waals surface area contributed by atoms with Crippen LogP contribution in [0, 0.1) is 35.5 Å². The van der Waals surface area contributed by atoms with Gasteiger partial charge < -0.3 is 15.3 Å². The van der Waals surface area contributed by atoms with Crippen LogP contribution in [0.4, 0.5) is 0 Å². The van der Waals surface area contributed by atoms with Gasteiger partial charge in [0.15, 0.2) is 0 Å². The summed E-state index contributed by atoms with van der Waals surface area (Å²) >= 11 is 0. The second-order valence-corrected chi connectivity index (χ2v) is 8.21. The number of fused-ring (bicyclic) bond motifs is 1. The minimum Gasteiger partial charge on any atom is -0.481 e. The van der Waals surface area contributed by atoms with E-state index in [-0.39, 0.29) is 18.4 Å². The molecule has 5 unspecified atom stereocenters. The molecule has 0 radical (unpaired) electrons. The van der Waals surface area contributed by atoms with Crippen molar-refractivity contribution in [3.8, 4) is 11.8 Å². The van der Waals surface area contributed by atoms with Crippen molar-refractivity contribution in [3.63, 3.8) is 0 Å². The molecule has 0 amide bonds. The molecule has 0 aliphatic heterocycles. The number of aliphatic hydroxyl groups is 2. The van der Waals surface area contributed by atoms with Crippen LogP contribution >= 0.6 is 0 Å². The summed E-state index contributed by atoms with van der Waals surface area (Å²) in [6.45, 7) is 2.17. The lowest BCUT2D eigenvalue weighted by molar-refractivity contribution is -0.136. The fourth-order valence-electron chi connectivity index (χ4n) is 5.15. The Labute approximate surface area is 150 Å². The van der Waals surface area contributed by atoms with E-state index in [2.05, 4.69) is 24.8 Å². The van der Waals surface area contributed by atoms with Gasteiger partial charge in [0, 0.05) is 12.8 Å². The van der Waals surface area contributed by atoms with Crippen molar-refractivity contribution in [2.75, 3.05) is 0 Å². The molecule has 0 aromatic rings. The van der Waals surface area contributed by atoms with Crippen molar-refractivity contribution < 1.29 is 20.1 Å². The van der Waals surface area contributed by atoms with E-state index < -0.39 is 11.6 Å². The fraction of sp³-hybridized carbons (Fsp3) is 0.762. The maximum absolute atomic E-state index is 10.7. The van der Waals surface area contributed by atoms with Crippen LogP contribution in [0.2, 0.25) is 0 Å². The van der Waals surface area contributed by atoms with E-state index in [1.807, 2.05) is 0 Å². The smallest absolute Gasteiger partial charge is 0.303 e. The van der Waals surface area contributed by atoms with Gasteiger partial charge in [0.2, 0.25) is 0 Å². The summed E-state index contributed by atoms with van der Waals surface area (Å²) in [5, 5.41) is 29.7. The van der Waals surface area contributed by atoms with Crippen molar-refractivity contribution in [2.24, 2.45) is 23.7 Å². The van der Waals surface area contributed by atoms with Gasteiger partial charge in [-0.3, -0.25) is 4.79 Å². The monoisotopic (exact) mass is 346 g/mol. The highest BCUT2D eigenvalue weighted by Crippen LogP contribution is 2.55. The molecular weight excluding hydrogens is 316 g/mol. The van der Waals surface area contributed by atoms with E-state index >= 15 is 0 Å². The normalized spacial score (nSPS) is 37.7. The van der Waals surface area contributed by atoms with Crippen LogP contribution in [0.15, 0.2) is 11.6 Å². The number of allylic oxidation sites excluding steroid dienone is 2. The van der Waals surface area contributed by atoms with E-state index in [0.717, 1.165) is 38.5 Å². The van der Waals surface area contributed by atoms with Gasteiger partial charge in [-0.05, 0) is 49.9 Å². The fourth-order valence-corrected chi connectivity index (χ4v) is 5.15. The van der Waals surface area contributed by atoms with Gasteiger partial charge in [0.05, 0.1) is 17.6 Å². The van der Waals surface area contributed by atoms with Gasteiger partial charge >= 0.3 is 5.97 Å². The average molecular weight is 346 g/mol. The highest BCUT2D eigenvalue weighted by molar-refractivity contribution is 5.66. The number of aliphatic hydroxyl groups excluding tert-OH is 1. The van der Waals surface area contributed by atoms with Gasteiger partial charge in [-0.25, -0.2) is 0 Å². The Morgan fingerprint density at radius 3 is 2.72 bits per heavy atom. The maximum Gasteiger partial charge on any atom is 0.303 e. The van der Waals surface area contributed by atoms with E-state index in [9.17, 15) is 15.0 Å². The molecule has 25 heavy (non-hydrogen) atoms. The molecule has 5 atom stereocenters. The lowest BCUT2D eigenvalue weighted by atomic mass is 9.51. The first-order valence-electron chi connectivity index (χ1n) is 9.72. The Hall–Kier alpha value is -1.31. The van der Waals surface area contributed by atoms with Gasteiger partial charge in [0.25, 0.3) is 0 Å². The van der Waals surface area contributed by atoms with Crippen LogP contribution in [0.3, 0.4) is 0 Å². The van der Waals surface area contributed by atoms with Crippen molar-refractivity contribution >= 4 is 5.97 Å². The summed E-state index contributed by atoms with van der Waals surface area (Å²) < 4.78 is 0. The third kappa shape index (κ3) is 3.93. The predicted octanol–water partition coefficient (Wildman–Crippen LogP) is 3.13. The summed E-state index contributed by atoms with van der Waals surface area (Å²) in [6.07, 6.45) is 8.57. The zero-order chi connectivity index (χ0) is 18.0. The van der Waals surface area contributed by atoms with Crippen LogP contribution in [0.5, 0.6) is 0 Å². The van der Waals surface area contributed by atoms with Gasteiger partial charge in [-0.15, -0.1) is 0 Å². The number of carbonyl (C=O) groups is 1. The van der Waals surface area contributed by atoms with Crippen molar-refractivity contribution in [3.05, 3.63) is 11.6 Å². The summed E-state index contributed by atoms with van der Waals surface area (Å²) in [4.78, 5) is 10.7. The molecule has 3 aliphatic carbocycles. The Morgan fingerprint density at radius 2 is 2.04 bits per heavy atom. The molecule has 4 heteroatoms. The molecule has 138 valence electrons. The first-order chi connectivity index (χ1) is 11.9. The van der Waals surface area contributed by atoms with Crippen molar-refractivity contribution in [2.45, 2.75) is 76.4 Å². The summed E-state index contributed by atoms with van der Waals surface area (Å²) in [7, 11) is 0. The lowest BCUT2D eigenvalue weighted by Crippen LogP contribution is -2.50. The molecule has 0 aromatic heterocycles. The van der Waals surface area contributed by atoms with Gasteiger partial charge in [-0.2, -0.15) is 0 Å². The van der Waals surface area contributed by atoms with E-state index in [1.54, 1.807) is 0 Å². The van der Waals surface area contributed by atoms with Crippen LogP contribution in [-0.2, 0) is 4.79 Å². The molecule has 0 bridgehead atoms. The first-order valence-corrected chi connectivity index (χ1v) is 9.72. The molecular formula is C21H30O4. The van der Waals surface area contributed by atoms with Crippen LogP contribution in [-0.4, -0.2) is 33.0 Å². The zero-order valence-corrected chi connectivity index (χ0v) is 15.1. The molecule has 3 saturated carbocycles. The number of hydrogen-bond donors (Lipinski definition) is 3. The summed E-state index contributed by atoms with van der Waals surface area (Å²) in [5.41, 5.74) is 0.749. The summed E-state index contributed by atoms with van der Waals surface area (Å²) in [5.74, 6) is 6.89. The largest absolute Gasteiger partial charge is 0.481 e. The Balaban J connectivity index is 1.64. The first kappa shape index (κ1) is 18.5. The van der Waals surface area contributed by atoms with Gasteiger partial charge in [0.1, 0.15) is 0 Å². The second-order valence-electron chi connectivity index (χ2n) is 8.21. The molecule has 4 nitrogen and oxygen atoms in total. The SMILES string of the molecule is CC1/C(=C/CCC(=O)O)C2CCC(O)C(C#CCC3(O)CCCC3)C12. The molecule has 3 N–H and O–H groups in total. The maximum atomic E-state index is 10.7. The lowest BCUT2D eigenvalue weighted by Gasteiger charge is -2.53. The average Bonchev–Trinajstić information content (AvgIpc) is 2.99. The van der Waals surface area contributed by atoms with Crippen LogP contribution < -0.4 is 0 Å². The van der Waals surface area contributed by atoms with E-state index in [0.29, 0.717) is 30.6 Å². The molecule has 0 spiro atoms. The van der Waals surface area contributed by atoms with Crippen LogP contribution in [0.1, 0.15) is 64.7 Å². The van der Waals surface area contributed by atoms with Crippen molar-refractivity contribution in [1.29, 1.82) is 0 Å². The quantitative estimate of drug-likeness (QED) is 0.540. The minimum atomic E-state index is -0.756. The van der Waals surface area contributed by atoms with Gasteiger partial charge in [-0.1, -0.05) is 43.3 Å². The topological polar surface area (TPSA) is 77.8 Å². The Kier molecular flexibility index (Phi) is 5.55. The molecule has 3 aliphatic rings. The third-order valence-corrected chi connectivity index (χ3v) is 6.56. The Morgan fingerprint density at radius 1 is 1.32 bits per heavy atom. The number of carboxylic acid groups (broad SMARTS) is 1. The molecule has 3 rings (SSSR count). The van der Waals surface area contributed by atoms with Crippen LogP contribution in [0.25, 0.3) is 0 Å². The van der Waals surface area contributed by atoms with E-state index in [4.69, 9.17) is 5.11 Å². The Bertz CT molecular complexity index is 591.